The van der Waals surface area contributed by atoms with Gasteiger partial charge in [0.2, 0.25) is 6.79 Å². The number of hydrogen-bond acceptors (Lipinski definition) is 7. The SMILES string of the molecule is Nc1n[nH]c2ccc(-c3ccc(NS(=O)(=O)c4ccc5c(c4)OCO5)cc3Cl)nc12. The first-order valence-electron chi connectivity index (χ1n) is 8.74. The minimum absolute atomic E-state index is 0.0505. The van der Waals surface area contributed by atoms with E-state index in [9.17, 15) is 8.42 Å². The first-order chi connectivity index (χ1) is 14.4. The second-order valence-electron chi connectivity index (χ2n) is 6.52. The molecule has 1 aliphatic rings. The molecule has 9 nitrogen and oxygen atoms in total. The van der Waals surface area contributed by atoms with Crippen LogP contribution in [0.4, 0.5) is 11.5 Å². The van der Waals surface area contributed by atoms with Crippen LogP contribution in [0.25, 0.3) is 22.3 Å². The molecule has 152 valence electrons. The maximum absolute atomic E-state index is 12.7. The molecule has 4 aromatic rings. The van der Waals surface area contributed by atoms with Crippen LogP contribution < -0.4 is 19.9 Å². The molecule has 11 heteroatoms. The number of H-pyrrole nitrogens is 1. The van der Waals surface area contributed by atoms with Crippen molar-refractivity contribution in [1.29, 1.82) is 0 Å². The number of halogens is 1. The van der Waals surface area contributed by atoms with Crippen LogP contribution in [-0.4, -0.2) is 30.4 Å². The summed E-state index contributed by atoms with van der Waals surface area (Å²) in [6.45, 7) is 0.0631. The van der Waals surface area contributed by atoms with E-state index in [0.29, 0.717) is 44.5 Å². The summed E-state index contributed by atoms with van der Waals surface area (Å²) in [5.41, 5.74) is 8.59. The van der Waals surface area contributed by atoms with Crippen LogP contribution in [0.2, 0.25) is 5.02 Å². The maximum Gasteiger partial charge on any atom is 0.262 e. The third-order valence-electron chi connectivity index (χ3n) is 4.59. The molecule has 0 spiro atoms. The summed E-state index contributed by atoms with van der Waals surface area (Å²) in [6, 6.07) is 12.8. The molecule has 2 aromatic heterocycles. The number of pyridine rings is 1. The number of ether oxygens (including phenoxy) is 2. The molecule has 0 saturated heterocycles. The second-order valence-corrected chi connectivity index (χ2v) is 8.61. The van der Waals surface area contributed by atoms with Crippen LogP contribution in [0.5, 0.6) is 11.5 Å². The molecule has 30 heavy (non-hydrogen) atoms. The average molecular weight is 444 g/mol. The van der Waals surface area contributed by atoms with Crippen LogP contribution in [0.1, 0.15) is 0 Å². The highest BCUT2D eigenvalue weighted by Crippen LogP contribution is 2.35. The van der Waals surface area contributed by atoms with E-state index in [0.717, 1.165) is 0 Å². The van der Waals surface area contributed by atoms with Gasteiger partial charge in [0.05, 0.1) is 26.8 Å². The van der Waals surface area contributed by atoms with Crippen molar-refractivity contribution in [2.24, 2.45) is 0 Å². The Morgan fingerprint density at radius 3 is 2.73 bits per heavy atom. The Hall–Kier alpha value is -3.50. The number of nitrogens with two attached hydrogens (primary N) is 1. The van der Waals surface area contributed by atoms with Gasteiger partial charge in [-0.1, -0.05) is 11.6 Å². The molecule has 1 aliphatic heterocycles. The third kappa shape index (κ3) is 3.15. The van der Waals surface area contributed by atoms with Gasteiger partial charge in [0, 0.05) is 11.6 Å². The summed E-state index contributed by atoms with van der Waals surface area (Å²) >= 11 is 6.41. The average Bonchev–Trinajstić information content (AvgIpc) is 3.34. The summed E-state index contributed by atoms with van der Waals surface area (Å²) in [5.74, 6) is 1.17. The number of hydrogen-bond donors (Lipinski definition) is 3. The van der Waals surface area contributed by atoms with Crippen molar-refractivity contribution in [1.82, 2.24) is 15.2 Å². The molecule has 0 radical (unpaired) electrons. The molecule has 0 fully saturated rings. The predicted octanol–water partition coefficient (Wildman–Crippen LogP) is 3.39. The quantitative estimate of drug-likeness (QED) is 0.440. The Morgan fingerprint density at radius 2 is 1.90 bits per heavy atom. The summed E-state index contributed by atoms with van der Waals surface area (Å²) < 4.78 is 38.4. The van der Waals surface area contributed by atoms with Crippen LogP contribution in [-0.2, 0) is 10.0 Å². The fraction of sp³-hybridized carbons (Fsp3) is 0.0526. The van der Waals surface area contributed by atoms with Crippen molar-refractivity contribution in [3.63, 3.8) is 0 Å². The molecule has 0 amide bonds. The molecule has 0 atom stereocenters. The third-order valence-corrected chi connectivity index (χ3v) is 6.28. The van der Waals surface area contributed by atoms with Crippen LogP contribution in [0.15, 0.2) is 53.4 Å². The topological polar surface area (TPSA) is 132 Å². The van der Waals surface area contributed by atoms with E-state index in [-0.39, 0.29) is 17.5 Å². The lowest BCUT2D eigenvalue weighted by molar-refractivity contribution is 0.174. The summed E-state index contributed by atoms with van der Waals surface area (Å²) in [6.07, 6.45) is 0. The summed E-state index contributed by atoms with van der Waals surface area (Å²) in [7, 11) is -3.84. The van der Waals surface area contributed by atoms with E-state index < -0.39 is 10.0 Å². The van der Waals surface area contributed by atoms with Crippen molar-refractivity contribution >= 4 is 44.2 Å². The minimum Gasteiger partial charge on any atom is -0.454 e. The fourth-order valence-corrected chi connectivity index (χ4v) is 4.45. The predicted molar refractivity (Wildman–Crippen MR) is 112 cm³/mol. The molecular formula is C19H14ClN5O4S. The lowest BCUT2D eigenvalue weighted by Crippen LogP contribution is -2.12. The van der Waals surface area contributed by atoms with Gasteiger partial charge in [0.1, 0.15) is 5.52 Å². The van der Waals surface area contributed by atoms with Crippen molar-refractivity contribution < 1.29 is 17.9 Å². The van der Waals surface area contributed by atoms with E-state index in [1.807, 2.05) is 0 Å². The summed E-state index contributed by atoms with van der Waals surface area (Å²) in [4.78, 5) is 4.53. The van der Waals surface area contributed by atoms with Crippen LogP contribution >= 0.6 is 11.6 Å². The Morgan fingerprint density at radius 1 is 1.07 bits per heavy atom. The number of nitrogens with zero attached hydrogens (tertiary/aromatic N) is 2. The Bertz CT molecular complexity index is 1400. The Balaban J connectivity index is 1.44. The lowest BCUT2D eigenvalue weighted by Gasteiger charge is -2.11. The molecule has 5 rings (SSSR count). The zero-order valence-electron chi connectivity index (χ0n) is 15.2. The lowest BCUT2D eigenvalue weighted by atomic mass is 10.1. The Labute approximate surface area is 175 Å². The largest absolute Gasteiger partial charge is 0.454 e. The molecule has 0 bridgehead atoms. The van der Waals surface area contributed by atoms with E-state index in [4.69, 9.17) is 26.8 Å². The smallest absolute Gasteiger partial charge is 0.262 e. The molecule has 0 unspecified atom stereocenters. The highest BCUT2D eigenvalue weighted by Gasteiger charge is 2.21. The number of aromatic amines is 1. The molecule has 3 heterocycles. The Kier molecular flexibility index (Phi) is 4.19. The van der Waals surface area contributed by atoms with Crippen LogP contribution in [0, 0.1) is 0 Å². The number of benzene rings is 2. The molecule has 2 aromatic carbocycles. The highest BCUT2D eigenvalue weighted by molar-refractivity contribution is 7.92. The number of aromatic nitrogens is 3. The van der Waals surface area contributed by atoms with Crippen molar-refractivity contribution in [3.8, 4) is 22.8 Å². The van der Waals surface area contributed by atoms with Gasteiger partial charge in [-0.25, -0.2) is 13.4 Å². The zero-order valence-corrected chi connectivity index (χ0v) is 16.8. The van der Waals surface area contributed by atoms with E-state index >= 15 is 0 Å². The first kappa shape index (κ1) is 18.5. The summed E-state index contributed by atoms with van der Waals surface area (Å²) in [5, 5.41) is 7.03. The molecule has 4 N–H and O–H groups in total. The fourth-order valence-electron chi connectivity index (χ4n) is 3.11. The number of rotatable bonds is 4. The minimum atomic E-state index is -3.84. The monoisotopic (exact) mass is 443 g/mol. The number of nitrogen functional groups attached to an aromatic ring is 1. The van der Waals surface area contributed by atoms with Crippen LogP contribution in [0.3, 0.4) is 0 Å². The second kappa shape index (κ2) is 6.78. The number of sulfonamides is 1. The van der Waals surface area contributed by atoms with Gasteiger partial charge in [-0.2, -0.15) is 5.10 Å². The first-order valence-corrected chi connectivity index (χ1v) is 10.6. The van der Waals surface area contributed by atoms with Gasteiger partial charge in [0.15, 0.2) is 17.3 Å². The van der Waals surface area contributed by atoms with Crippen molar-refractivity contribution in [3.05, 3.63) is 53.6 Å². The molecule has 0 aliphatic carbocycles. The molecular weight excluding hydrogens is 430 g/mol. The number of nitrogens with one attached hydrogen (secondary N) is 2. The van der Waals surface area contributed by atoms with Gasteiger partial charge in [-0.05, 0) is 42.5 Å². The number of anilines is 2. The molecule has 0 saturated carbocycles. The number of fused-ring (bicyclic) bond motifs is 2. The standard InChI is InChI=1S/C19H14ClN5O4S/c20-13-7-10(25-30(26,27)11-2-6-16-17(8-11)29-9-28-16)1-3-12(13)14-4-5-15-18(22-14)19(21)24-23-15/h1-8,25H,9H2,(H3,21,23,24). The van der Waals surface area contributed by atoms with E-state index in [2.05, 4.69) is 19.9 Å². The van der Waals surface area contributed by atoms with E-state index in [1.54, 1.807) is 30.3 Å². The van der Waals surface area contributed by atoms with Gasteiger partial charge >= 0.3 is 0 Å². The van der Waals surface area contributed by atoms with Gasteiger partial charge < -0.3 is 15.2 Å². The van der Waals surface area contributed by atoms with E-state index in [1.165, 1.54) is 18.2 Å². The van der Waals surface area contributed by atoms with Crippen molar-refractivity contribution in [2.45, 2.75) is 4.90 Å². The van der Waals surface area contributed by atoms with Gasteiger partial charge in [-0.3, -0.25) is 9.82 Å². The maximum atomic E-state index is 12.7. The van der Waals surface area contributed by atoms with Gasteiger partial charge in [-0.15, -0.1) is 0 Å². The van der Waals surface area contributed by atoms with Gasteiger partial charge in [0.25, 0.3) is 10.0 Å². The normalized spacial score (nSPS) is 13.0. The zero-order chi connectivity index (χ0) is 20.9. The highest BCUT2D eigenvalue weighted by atomic mass is 35.5. The van der Waals surface area contributed by atoms with Crippen molar-refractivity contribution in [2.75, 3.05) is 17.2 Å².